The molecule has 116 valence electrons. The summed E-state index contributed by atoms with van der Waals surface area (Å²) < 4.78 is 28.4. The van der Waals surface area contributed by atoms with Gasteiger partial charge in [0.1, 0.15) is 12.7 Å². The quantitative estimate of drug-likeness (QED) is 0.868. The topological polar surface area (TPSA) is 89.4 Å². The van der Waals surface area contributed by atoms with E-state index < -0.39 is 10.2 Å². The summed E-state index contributed by atoms with van der Waals surface area (Å²) in [5.41, 5.74) is 3.80. The van der Waals surface area contributed by atoms with Crippen molar-refractivity contribution in [1.82, 2.24) is 15.0 Å². The van der Waals surface area contributed by atoms with Crippen molar-refractivity contribution in [3.8, 4) is 0 Å². The molecular formula is C12H13ClN6O2S. The first-order chi connectivity index (χ1) is 10.5. The number of rotatable bonds is 4. The van der Waals surface area contributed by atoms with Crippen LogP contribution in [0.25, 0.3) is 0 Å². The lowest BCUT2D eigenvalue weighted by Crippen LogP contribution is -2.45. The Morgan fingerprint density at radius 1 is 1.41 bits per heavy atom. The first-order valence-electron chi connectivity index (χ1n) is 6.44. The lowest BCUT2D eigenvalue weighted by Gasteiger charge is -2.21. The number of benzene rings is 1. The summed E-state index contributed by atoms with van der Waals surface area (Å²) in [4.78, 5) is 7.76. The number of aryl methyl sites for hydroxylation is 1. The summed E-state index contributed by atoms with van der Waals surface area (Å²) in [5, 5.41) is 1.72. The smallest absolute Gasteiger partial charge is 0.264 e. The number of nitrogens with one attached hydrogen (secondary N) is 2. The monoisotopic (exact) mass is 340 g/mol. The number of hydrazine groups is 2. The molecule has 0 atom stereocenters. The van der Waals surface area contributed by atoms with Crippen LogP contribution < -0.4 is 10.3 Å². The van der Waals surface area contributed by atoms with Crippen LogP contribution in [-0.4, -0.2) is 30.5 Å². The van der Waals surface area contributed by atoms with E-state index in [2.05, 4.69) is 20.2 Å². The van der Waals surface area contributed by atoms with E-state index in [9.17, 15) is 8.42 Å². The van der Waals surface area contributed by atoms with E-state index in [1.807, 2.05) is 13.0 Å². The fourth-order valence-electron chi connectivity index (χ4n) is 2.00. The second kappa shape index (κ2) is 5.59. The third kappa shape index (κ3) is 2.65. The Labute approximate surface area is 132 Å². The maximum Gasteiger partial charge on any atom is 0.338 e. The molecule has 2 aliphatic rings. The molecule has 0 radical (unpaired) electrons. The molecule has 22 heavy (non-hydrogen) atoms. The second-order valence-electron chi connectivity index (χ2n) is 4.50. The molecule has 0 unspecified atom stereocenters. The SMILES string of the molecule is CCc1cccc(Cl)c1NS(=O)(=O)N1C=C2N=CN=CN2N1. The Kier molecular flexibility index (Phi) is 3.77. The maximum atomic E-state index is 12.5. The average Bonchev–Trinajstić information content (AvgIpc) is 2.94. The molecule has 2 aliphatic heterocycles. The van der Waals surface area contributed by atoms with Gasteiger partial charge < -0.3 is 0 Å². The lowest BCUT2D eigenvalue weighted by atomic mass is 10.1. The first-order valence-corrected chi connectivity index (χ1v) is 8.26. The molecule has 0 saturated carbocycles. The fraction of sp³-hybridized carbons (Fsp3) is 0.167. The number of anilines is 1. The van der Waals surface area contributed by atoms with Gasteiger partial charge in [0.05, 0.1) is 16.9 Å². The molecular weight excluding hydrogens is 328 g/mol. The van der Waals surface area contributed by atoms with Gasteiger partial charge in [-0.2, -0.15) is 12.8 Å². The summed E-state index contributed by atoms with van der Waals surface area (Å²) in [6.45, 7) is 1.92. The van der Waals surface area contributed by atoms with Crippen molar-refractivity contribution >= 4 is 40.2 Å². The van der Waals surface area contributed by atoms with Crippen LogP contribution in [0, 0.1) is 0 Å². The van der Waals surface area contributed by atoms with Crippen LogP contribution in [-0.2, 0) is 16.6 Å². The van der Waals surface area contributed by atoms with Gasteiger partial charge in [-0.25, -0.2) is 15.0 Å². The van der Waals surface area contributed by atoms with Crippen molar-refractivity contribution in [3.05, 3.63) is 40.8 Å². The van der Waals surface area contributed by atoms with E-state index in [1.165, 1.54) is 23.9 Å². The molecule has 2 N–H and O–H groups in total. The molecule has 0 amide bonds. The molecule has 0 saturated heterocycles. The highest BCUT2D eigenvalue weighted by molar-refractivity contribution is 7.90. The van der Waals surface area contributed by atoms with Crippen LogP contribution in [0.2, 0.25) is 5.02 Å². The van der Waals surface area contributed by atoms with E-state index in [-0.39, 0.29) is 0 Å². The summed E-state index contributed by atoms with van der Waals surface area (Å²) >= 11 is 6.11. The standard InChI is InChI=1S/C12H13ClN6O2S/c1-2-9-4-3-5-10(13)12(9)16-22(20,21)19-6-11-15-7-14-8-18(11)17-19/h3-8,16-17H,2H2,1H3. The maximum absolute atomic E-state index is 12.5. The molecule has 1 aromatic carbocycles. The Balaban J connectivity index is 1.88. The van der Waals surface area contributed by atoms with E-state index >= 15 is 0 Å². The minimum absolute atomic E-state index is 0.340. The number of para-hydroxylation sites is 1. The fourth-order valence-corrected chi connectivity index (χ4v) is 3.33. The van der Waals surface area contributed by atoms with E-state index in [0.29, 0.717) is 23.0 Å². The normalized spacial score (nSPS) is 16.7. The molecule has 10 heteroatoms. The van der Waals surface area contributed by atoms with Crippen molar-refractivity contribution in [2.75, 3.05) is 4.72 Å². The highest BCUT2D eigenvalue weighted by Gasteiger charge is 2.30. The molecule has 0 bridgehead atoms. The predicted octanol–water partition coefficient (Wildman–Crippen LogP) is 1.47. The van der Waals surface area contributed by atoms with Crippen LogP contribution in [0.4, 0.5) is 5.69 Å². The number of nitrogens with zero attached hydrogens (tertiary/aromatic N) is 4. The van der Waals surface area contributed by atoms with Crippen molar-refractivity contribution < 1.29 is 8.42 Å². The Morgan fingerprint density at radius 3 is 2.95 bits per heavy atom. The number of hydrogen-bond acceptors (Lipinski definition) is 6. The van der Waals surface area contributed by atoms with Gasteiger partial charge >= 0.3 is 10.2 Å². The van der Waals surface area contributed by atoms with Crippen LogP contribution in [0.1, 0.15) is 12.5 Å². The molecule has 2 heterocycles. The van der Waals surface area contributed by atoms with Gasteiger partial charge in [0.15, 0.2) is 5.82 Å². The van der Waals surface area contributed by atoms with E-state index in [4.69, 9.17) is 11.6 Å². The summed E-state index contributed by atoms with van der Waals surface area (Å²) in [6.07, 6.45) is 4.74. The number of aliphatic imine (C=N–C) groups is 2. The van der Waals surface area contributed by atoms with Gasteiger partial charge in [-0.1, -0.05) is 30.7 Å². The van der Waals surface area contributed by atoms with Gasteiger partial charge in [-0.05, 0) is 18.1 Å². The minimum atomic E-state index is -3.89. The Bertz CT molecular complexity index is 789. The highest BCUT2D eigenvalue weighted by Crippen LogP contribution is 2.28. The molecule has 0 fully saturated rings. The van der Waals surface area contributed by atoms with Gasteiger partial charge in [0.2, 0.25) is 0 Å². The van der Waals surface area contributed by atoms with Gasteiger partial charge in [0, 0.05) is 0 Å². The molecule has 0 aromatic heterocycles. The second-order valence-corrected chi connectivity index (χ2v) is 6.45. The molecule has 3 rings (SSSR count). The third-order valence-electron chi connectivity index (χ3n) is 3.10. The van der Waals surface area contributed by atoms with Crippen molar-refractivity contribution in [3.63, 3.8) is 0 Å². The zero-order valence-corrected chi connectivity index (χ0v) is 13.1. The number of hydrogen-bond donors (Lipinski definition) is 2. The zero-order chi connectivity index (χ0) is 15.7. The number of halogens is 1. The van der Waals surface area contributed by atoms with Crippen LogP contribution in [0.15, 0.2) is 40.2 Å². The number of fused-ring (bicyclic) bond motifs is 1. The predicted molar refractivity (Wildman–Crippen MR) is 85.3 cm³/mol. The van der Waals surface area contributed by atoms with Crippen LogP contribution in [0.5, 0.6) is 0 Å². The zero-order valence-electron chi connectivity index (χ0n) is 11.6. The summed E-state index contributed by atoms with van der Waals surface area (Å²) in [6, 6.07) is 5.23. The van der Waals surface area contributed by atoms with Crippen LogP contribution in [0.3, 0.4) is 0 Å². The largest absolute Gasteiger partial charge is 0.338 e. The van der Waals surface area contributed by atoms with Crippen LogP contribution >= 0.6 is 11.6 Å². The molecule has 0 aliphatic carbocycles. The van der Waals surface area contributed by atoms with E-state index in [0.717, 1.165) is 9.98 Å². The molecule has 0 spiro atoms. The lowest BCUT2D eigenvalue weighted by molar-refractivity contribution is 0.285. The highest BCUT2D eigenvalue weighted by atomic mass is 35.5. The van der Waals surface area contributed by atoms with Gasteiger partial charge in [0.25, 0.3) is 0 Å². The summed E-state index contributed by atoms with van der Waals surface area (Å²) in [7, 11) is -3.89. The molecule has 8 nitrogen and oxygen atoms in total. The van der Waals surface area contributed by atoms with Crippen molar-refractivity contribution in [1.29, 1.82) is 0 Å². The first kappa shape index (κ1) is 14.8. The third-order valence-corrected chi connectivity index (χ3v) is 4.58. The Morgan fingerprint density at radius 2 is 2.23 bits per heavy atom. The van der Waals surface area contributed by atoms with Crippen molar-refractivity contribution in [2.24, 2.45) is 9.98 Å². The average molecular weight is 341 g/mol. The van der Waals surface area contributed by atoms with E-state index in [1.54, 1.807) is 12.1 Å². The van der Waals surface area contributed by atoms with Crippen molar-refractivity contribution in [2.45, 2.75) is 13.3 Å². The van der Waals surface area contributed by atoms with Gasteiger partial charge in [-0.15, -0.1) is 5.53 Å². The summed E-state index contributed by atoms with van der Waals surface area (Å²) in [5.74, 6) is 0.412. The van der Waals surface area contributed by atoms with Gasteiger partial charge in [-0.3, -0.25) is 4.72 Å². The molecule has 1 aromatic rings. The minimum Gasteiger partial charge on any atom is -0.264 e. The Hall–Kier alpha value is -2.10.